The van der Waals surface area contributed by atoms with E-state index in [0.717, 1.165) is 25.7 Å². The summed E-state index contributed by atoms with van der Waals surface area (Å²) in [7, 11) is 1.47. The van der Waals surface area contributed by atoms with Gasteiger partial charge in [0, 0.05) is 24.1 Å². The van der Waals surface area contributed by atoms with Gasteiger partial charge in [-0.15, -0.1) is 0 Å². The van der Waals surface area contributed by atoms with Crippen LogP contribution < -0.4 is 15.0 Å². The van der Waals surface area contributed by atoms with E-state index >= 15 is 0 Å². The molecule has 2 rings (SSSR count). The molecule has 0 amide bonds. The minimum atomic E-state index is -0.465. The van der Waals surface area contributed by atoms with E-state index in [1.807, 2.05) is 19.9 Å². The highest BCUT2D eigenvalue weighted by Crippen LogP contribution is 2.34. The zero-order chi connectivity index (χ0) is 23.0. The van der Waals surface area contributed by atoms with Gasteiger partial charge in [0.2, 0.25) is 5.75 Å². The molecule has 1 aromatic carbocycles. The van der Waals surface area contributed by atoms with Gasteiger partial charge >= 0.3 is 0 Å². The molecule has 0 aliphatic rings. The number of nitro benzene ring substituents is 1. The molecule has 168 valence electrons. The molecule has 0 aliphatic carbocycles. The number of non-ortho nitro benzene ring substituents is 1. The van der Waals surface area contributed by atoms with E-state index in [2.05, 4.69) is 19.9 Å². The molecule has 0 radical (unpaired) electrons. The molecular formula is C24H32N2O5. The highest BCUT2D eigenvalue weighted by molar-refractivity contribution is 5.89. The molecule has 1 heterocycles. The van der Waals surface area contributed by atoms with Crippen molar-refractivity contribution in [3.63, 3.8) is 0 Å². The van der Waals surface area contributed by atoms with Crippen LogP contribution in [0, 0.1) is 10.1 Å². The summed E-state index contributed by atoms with van der Waals surface area (Å²) in [5.41, 5.74) is 2.54. The van der Waals surface area contributed by atoms with Gasteiger partial charge in [0.05, 0.1) is 17.5 Å². The smallest absolute Gasteiger partial charge is 0.297 e. The Balaban J connectivity index is 2.44. The number of pyridine rings is 1. The van der Waals surface area contributed by atoms with Gasteiger partial charge < -0.3 is 14.0 Å². The summed E-state index contributed by atoms with van der Waals surface area (Å²) >= 11 is 0. The lowest BCUT2D eigenvalue weighted by Gasteiger charge is -2.17. The summed E-state index contributed by atoms with van der Waals surface area (Å²) in [6, 6.07) is 4.45. The van der Waals surface area contributed by atoms with E-state index < -0.39 is 4.92 Å². The first-order valence-electron chi connectivity index (χ1n) is 10.6. The van der Waals surface area contributed by atoms with Gasteiger partial charge in [-0.25, -0.2) is 0 Å². The van der Waals surface area contributed by atoms with Crippen molar-refractivity contribution in [3.8, 4) is 11.5 Å². The van der Waals surface area contributed by atoms with E-state index in [9.17, 15) is 14.9 Å². The topological polar surface area (TPSA) is 83.6 Å². The van der Waals surface area contributed by atoms with Crippen LogP contribution in [-0.4, -0.2) is 23.2 Å². The van der Waals surface area contributed by atoms with Gasteiger partial charge in [0.1, 0.15) is 6.61 Å². The number of methoxy groups -OCH3 is 1. The molecule has 0 saturated carbocycles. The van der Waals surface area contributed by atoms with Crippen molar-refractivity contribution in [2.45, 2.75) is 59.9 Å². The highest BCUT2D eigenvalue weighted by atomic mass is 16.6. The lowest BCUT2D eigenvalue weighted by atomic mass is 10.1. The summed E-state index contributed by atoms with van der Waals surface area (Å²) < 4.78 is 12.9. The first kappa shape index (κ1) is 24.2. The third kappa shape index (κ3) is 6.20. The molecule has 0 unspecified atom stereocenters. The Bertz CT molecular complexity index is 1050. The van der Waals surface area contributed by atoms with Crippen molar-refractivity contribution < 1.29 is 14.4 Å². The van der Waals surface area contributed by atoms with E-state index in [0.29, 0.717) is 23.2 Å². The maximum atomic E-state index is 13.2. The van der Waals surface area contributed by atoms with Crippen LogP contribution in [0.3, 0.4) is 0 Å². The van der Waals surface area contributed by atoms with Crippen LogP contribution in [0.1, 0.15) is 53.4 Å². The zero-order valence-electron chi connectivity index (χ0n) is 19.1. The van der Waals surface area contributed by atoms with Crippen molar-refractivity contribution >= 4 is 16.6 Å². The minimum absolute atomic E-state index is 0.0669. The molecule has 1 aromatic heterocycles. The normalized spacial score (nSPS) is 11.5. The number of hydrogen-bond donors (Lipinski definition) is 0. The van der Waals surface area contributed by atoms with Gasteiger partial charge in [-0.2, -0.15) is 0 Å². The molecule has 0 spiro atoms. The average Bonchev–Trinajstić information content (AvgIpc) is 2.72. The number of nitro groups is 1. The number of nitrogens with zero attached hydrogens (tertiary/aromatic N) is 2. The Morgan fingerprint density at radius 3 is 2.55 bits per heavy atom. The molecule has 0 bridgehead atoms. The third-order valence-electron chi connectivity index (χ3n) is 5.06. The van der Waals surface area contributed by atoms with Crippen molar-refractivity contribution in [1.29, 1.82) is 0 Å². The van der Waals surface area contributed by atoms with Gasteiger partial charge in [-0.3, -0.25) is 14.9 Å². The van der Waals surface area contributed by atoms with E-state index in [-0.39, 0.29) is 23.6 Å². The molecular weight excluding hydrogens is 396 g/mol. The number of allylic oxidation sites excluding steroid dienone is 3. The van der Waals surface area contributed by atoms with E-state index in [1.165, 1.54) is 30.4 Å². The van der Waals surface area contributed by atoms with Crippen molar-refractivity contribution in [1.82, 2.24) is 4.57 Å². The fourth-order valence-corrected chi connectivity index (χ4v) is 3.33. The van der Waals surface area contributed by atoms with Crippen molar-refractivity contribution in [2.75, 3.05) is 13.7 Å². The summed E-state index contributed by atoms with van der Waals surface area (Å²) in [4.78, 5) is 24.0. The van der Waals surface area contributed by atoms with Crippen LogP contribution in [-0.2, 0) is 6.54 Å². The van der Waals surface area contributed by atoms with Crippen LogP contribution in [0.5, 0.6) is 11.5 Å². The maximum Gasteiger partial charge on any atom is 0.297 e. The molecule has 0 atom stereocenters. The number of rotatable bonds is 11. The van der Waals surface area contributed by atoms with Crippen molar-refractivity contribution in [2.24, 2.45) is 0 Å². The SMILES string of the molecule is CCCCn1c(=O)c(OCC=C(C)CCC=C(C)C)c(OC)c2ccc([N+](=O)[O-])cc21. The fraction of sp³-hybridized carbons (Fsp3) is 0.458. The fourth-order valence-electron chi connectivity index (χ4n) is 3.33. The third-order valence-corrected chi connectivity index (χ3v) is 5.06. The van der Waals surface area contributed by atoms with Crippen LogP contribution in [0.15, 0.2) is 46.3 Å². The summed E-state index contributed by atoms with van der Waals surface area (Å²) in [6.07, 6.45) is 7.70. The summed E-state index contributed by atoms with van der Waals surface area (Å²) in [5, 5.41) is 11.9. The minimum Gasteiger partial charge on any atom is -0.492 e. The first-order valence-corrected chi connectivity index (χ1v) is 10.6. The Morgan fingerprint density at radius 1 is 1.19 bits per heavy atom. The largest absolute Gasteiger partial charge is 0.492 e. The Labute approximate surface area is 183 Å². The van der Waals surface area contributed by atoms with Gasteiger partial charge in [-0.1, -0.05) is 30.6 Å². The molecule has 0 saturated heterocycles. The number of aryl methyl sites for hydroxylation is 1. The van der Waals surface area contributed by atoms with Gasteiger partial charge in [-0.05, 0) is 52.2 Å². The molecule has 0 fully saturated rings. The van der Waals surface area contributed by atoms with Gasteiger partial charge in [0.15, 0.2) is 5.75 Å². The average molecular weight is 429 g/mol. The highest BCUT2D eigenvalue weighted by Gasteiger charge is 2.21. The predicted molar refractivity (Wildman–Crippen MR) is 124 cm³/mol. The lowest BCUT2D eigenvalue weighted by molar-refractivity contribution is -0.384. The molecule has 31 heavy (non-hydrogen) atoms. The van der Waals surface area contributed by atoms with Gasteiger partial charge in [0.25, 0.3) is 11.2 Å². The monoisotopic (exact) mass is 428 g/mol. The molecule has 0 aliphatic heterocycles. The van der Waals surface area contributed by atoms with Crippen LogP contribution in [0.4, 0.5) is 5.69 Å². The standard InChI is InChI=1S/C24H32N2O5/c1-6-7-14-25-21-16-19(26(28)29)11-12-20(21)22(30-5)23(24(25)27)31-15-13-18(4)10-8-9-17(2)3/h9,11-13,16H,6-8,10,14-15H2,1-5H3. The quantitative estimate of drug-likeness (QED) is 0.257. The van der Waals surface area contributed by atoms with Crippen LogP contribution >= 0.6 is 0 Å². The number of benzene rings is 1. The second kappa shape index (κ2) is 11.3. The second-order valence-electron chi connectivity index (χ2n) is 7.81. The van der Waals surface area contributed by atoms with E-state index in [4.69, 9.17) is 9.47 Å². The Kier molecular flexibility index (Phi) is 8.85. The number of aromatic nitrogens is 1. The zero-order valence-corrected chi connectivity index (χ0v) is 19.1. The molecule has 7 nitrogen and oxygen atoms in total. The molecule has 0 N–H and O–H groups in total. The Hall–Kier alpha value is -3.09. The number of unbranched alkanes of at least 4 members (excludes halogenated alkanes) is 1. The van der Waals surface area contributed by atoms with Crippen LogP contribution in [0.25, 0.3) is 10.9 Å². The number of ether oxygens (including phenoxy) is 2. The lowest BCUT2D eigenvalue weighted by Crippen LogP contribution is -2.24. The Morgan fingerprint density at radius 2 is 1.94 bits per heavy atom. The first-order chi connectivity index (χ1) is 14.8. The van der Waals surface area contributed by atoms with Crippen molar-refractivity contribution in [3.05, 3.63) is 62.0 Å². The van der Waals surface area contributed by atoms with Crippen LogP contribution in [0.2, 0.25) is 0 Å². The summed E-state index contributed by atoms with van der Waals surface area (Å²) in [6.45, 7) is 8.92. The predicted octanol–water partition coefficient (Wildman–Crippen LogP) is 5.79. The number of fused-ring (bicyclic) bond motifs is 1. The van der Waals surface area contributed by atoms with E-state index in [1.54, 1.807) is 10.6 Å². The molecule has 2 aromatic rings. The maximum absolute atomic E-state index is 13.2. The number of hydrogen-bond acceptors (Lipinski definition) is 5. The summed E-state index contributed by atoms with van der Waals surface area (Å²) in [5.74, 6) is 0.437. The second-order valence-corrected chi connectivity index (χ2v) is 7.81. The molecule has 7 heteroatoms.